The molecule has 4 aromatic heterocycles. The van der Waals surface area contributed by atoms with Crippen LogP contribution in [0.15, 0.2) is 73.3 Å². The number of aromatic nitrogens is 8. The topological polar surface area (TPSA) is 368 Å². The first-order valence-electron chi connectivity index (χ1n) is 29.5. The summed E-state index contributed by atoms with van der Waals surface area (Å²) in [5.74, 6) is 0.393. The summed E-state index contributed by atoms with van der Waals surface area (Å²) in [6, 6.07) is 13.2. The number of imide groups is 1. The van der Waals surface area contributed by atoms with Gasteiger partial charge in [0.15, 0.2) is 34.0 Å². The van der Waals surface area contributed by atoms with Crippen LogP contribution in [0.1, 0.15) is 62.7 Å². The monoisotopic (exact) mass is 1180 g/mol. The van der Waals surface area contributed by atoms with Gasteiger partial charge in [0.2, 0.25) is 23.8 Å². The lowest BCUT2D eigenvalue weighted by Crippen LogP contribution is -2.48. The average Bonchev–Trinajstić information content (AvgIpc) is 3.24. The van der Waals surface area contributed by atoms with Gasteiger partial charge in [-0.15, -0.1) is 0 Å². The number of hydrogen-bond acceptors (Lipinski definition) is 21. The Morgan fingerprint density at radius 3 is 1.47 bits per heavy atom. The molecule has 0 radical (unpaired) electrons. The maximum atomic E-state index is 13.9. The number of nitrogens with zero attached hydrogens (tertiary/aromatic N) is 14. The molecule has 4 aliphatic heterocycles. The predicted octanol–water partition coefficient (Wildman–Crippen LogP) is -0.393. The number of aliphatic hydroxyl groups excluding tert-OH is 6. The second-order valence-electron chi connectivity index (χ2n) is 23.2. The van der Waals surface area contributed by atoms with E-state index in [0.29, 0.717) is 105 Å². The highest BCUT2D eigenvalue weighted by Crippen LogP contribution is 2.40. The first-order valence-corrected chi connectivity index (χ1v) is 29.5. The number of likely N-dealkylation sites (N-methyl/N-ethyl adjacent to an activating group) is 2. The zero-order chi connectivity index (χ0) is 60.1. The Hall–Kier alpha value is -8.35. The van der Waals surface area contributed by atoms with Gasteiger partial charge in [0.1, 0.15) is 37.5 Å². The van der Waals surface area contributed by atoms with E-state index in [2.05, 4.69) is 26.3 Å². The van der Waals surface area contributed by atoms with E-state index in [9.17, 15) is 49.8 Å². The van der Waals surface area contributed by atoms with Gasteiger partial charge >= 0.3 is 12.1 Å². The van der Waals surface area contributed by atoms with Crippen LogP contribution in [0.2, 0.25) is 0 Å². The highest BCUT2D eigenvalue weighted by molar-refractivity contribution is 6.04. The van der Waals surface area contributed by atoms with Gasteiger partial charge in [0.05, 0.1) is 62.1 Å². The number of benzene rings is 2. The number of amides is 6. The van der Waals surface area contributed by atoms with Crippen LogP contribution in [-0.2, 0) is 22.4 Å². The maximum absolute atomic E-state index is 13.9. The van der Waals surface area contributed by atoms with Crippen LogP contribution in [0.25, 0.3) is 22.3 Å². The van der Waals surface area contributed by atoms with Crippen molar-refractivity contribution in [1.29, 1.82) is 5.41 Å². The molecule has 2 aliphatic carbocycles. The molecule has 2 saturated carbocycles. The van der Waals surface area contributed by atoms with Crippen LogP contribution in [0.5, 0.6) is 0 Å². The van der Waals surface area contributed by atoms with Crippen molar-refractivity contribution in [3.63, 3.8) is 0 Å². The molecular formula is C57H73N19O10. The van der Waals surface area contributed by atoms with E-state index in [1.807, 2.05) is 77.4 Å². The average molecular weight is 1180 g/mol. The number of hydrogen-bond donors (Lipinski definition) is 11. The Morgan fingerprint density at radius 2 is 1.03 bits per heavy atom. The van der Waals surface area contributed by atoms with Gasteiger partial charge in [0.25, 0.3) is 5.91 Å². The van der Waals surface area contributed by atoms with Gasteiger partial charge in [-0.2, -0.15) is 19.9 Å². The number of carbonyl (C=O) groups excluding carboxylic acids is 4. The van der Waals surface area contributed by atoms with E-state index in [1.165, 1.54) is 22.5 Å². The van der Waals surface area contributed by atoms with Gasteiger partial charge in [0, 0.05) is 51.4 Å². The minimum atomic E-state index is -1.45. The van der Waals surface area contributed by atoms with E-state index in [-0.39, 0.29) is 69.0 Å². The predicted molar refractivity (Wildman–Crippen MR) is 313 cm³/mol. The lowest BCUT2D eigenvalue weighted by molar-refractivity contribution is -0.129. The number of guanidine groups is 1. The Morgan fingerprint density at radius 1 is 0.605 bits per heavy atom. The lowest BCUT2D eigenvalue weighted by Gasteiger charge is -2.27. The largest absolute Gasteiger partial charge is 0.394 e. The number of rotatable bonds is 20. The summed E-state index contributed by atoms with van der Waals surface area (Å²) in [4.78, 5) is 91.9. The second kappa shape index (κ2) is 24.2. The zero-order valence-corrected chi connectivity index (χ0v) is 47.7. The molecule has 6 aliphatic rings. The molecular weight excluding hydrogens is 1110 g/mol. The lowest BCUT2D eigenvalue weighted by atomic mass is 10.1. The van der Waals surface area contributed by atoms with Gasteiger partial charge in [-0.25, -0.2) is 19.6 Å². The second-order valence-corrected chi connectivity index (χ2v) is 23.2. The first kappa shape index (κ1) is 58.1. The first-order chi connectivity index (χ1) is 41.6. The summed E-state index contributed by atoms with van der Waals surface area (Å²) in [7, 11) is 0. The van der Waals surface area contributed by atoms with Gasteiger partial charge in [-0.1, -0.05) is 60.7 Å². The normalized spacial score (nSPS) is 26.8. The molecule has 29 nitrogen and oxygen atoms in total. The van der Waals surface area contributed by atoms with Crippen molar-refractivity contribution in [2.24, 2.45) is 0 Å². The molecule has 4 saturated heterocycles. The molecule has 2 aromatic carbocycles. The molecule has 8 heterocycles. The molecule has 0 spiro atoms. The highest BCUT2D eigenvalue weighted by atomic mass is 16.3. The van der Waals surface area contributed by atoms with Crippen LogP contribution in [-0.4, -0.2) is 245 Å². The van der Waals surface area contributed by atoms with E-state index in [4.69, 9.17) is 30.3 Å². The molecule has 12 rings (SSSR count). The summed E-state index contributed by atoms with van der Waals surface area (Å²) in [5.41, 5.74) is 3.28. The Balaban J connectivity index is 0.757. The van der Waals surface area contributed by atoms with Crippen LogP contribution in [0.4, 0.5) is 33.1 Å². The van der Waals surface area contributed by atoms with Gasteiger partial charge in [-0.3, -0.25) is 24.8 Å². The third-order valence-corrected chi connectivity index (χ3v) is 17.8. The number of anilines is 4. The number of urea groups is 2. The zero-order valence-electron chi connectivity index (χ0n) is 47.7. The molecule has 0 unspecified atom stereocenters. The van der Waals surface area contributed by atoms with E-state index in [0.717, 1.165) is 16.0 Å². The maximum Gasteiger partial charge on any atom is 0.327 e. The Bertz CT molecular complexity index is 3260. The van der Waals surface area contributed by atoms with Gasteiger partial charge in [-0.05, 0) is 63.5 Å². The SMILES string of the molecule is CCN1CC(=O)N([C@H]2C[C@@H](n3cnc4c(N[C@H](CO)Cc5ccccc5)nc(N5CC[C@@H](NC(=O)N[C@@H]6CCN(c7nc(N[C@H](CO)Cc8ccccc8)c8ncn([C@@H]9C[C@H](N%10C(=O)CN(CC)C%10=O)[C@@H](O)[C@H]9O)c8n7)C6)C5)nc43)[C@H](O)[C@@H]2O)C1=N. The Kier molecular flexibility index (Phi) is 16.3. The molecule has 456 valence electrons. The number of imidazole rings is 2. The van der Waals surface area contributed by atoms with Crippen molar-refractivity contribution in [3.8, 4) is 0 Å². The molecule has 29 heteroatoms. The molecule has 86 heavy (non-hydrogen) atoms. The summed E-state index contributed by atoms with van der Waals surface area (Å²) >= 11 is 0. The Labute approximate surface area is 494 Å². The fourth-order valence-corrected chi connectivity index (χ4v) is 13.2. The summed E-state index contributed by atoms with van der Waals surface area (Å²) < 4.78 is 3.31. The van der Waals surface area contributed by atoms with Crippen molar-refractivity contribution in [1.82, 2.24) is 69.3 Å². The number of aliphatic hydroxyl groups is 6. The van der Waals surface area contributed by atoms with Crippen LogP contribution in [0, 0.1) is 5.41 Å². The summed E-state index contributed by atoms with van der Waals surface area (Å²) in [6.45, 7) is 5.27. The van der Waals surface area contributed by atoms with Crippen LogP contribution < -0.4 is 31.1 Å². The molecule has 6 amide bonds. The summed E-state index contributed by atoms with van der Waals surface area (Å²) in [6.07, 6.45) is -0.448. The molecule has 6 aromatic rings. The number of nitrogens with one attached hydrogen (secondary N) is 5. The third-order valence-electron chi connectivity index (χ3n) is 17.8. The van der Waals surface area contributed by atoms with Crippen molar-refractivity contribution in [2.75, 3.05) is 86.0 Å². The molecule has 12 atom stereocenters. The fraction of sp³-hybridized carbons (Fsp3) is 0.526. The third kappa shape index (κ3) is 11.0. The van der Waals surface area contributed by atoms with E-state index < -0.39 is 78.6 Å². The van der Waals surface area contributed by atoms with E-state index in [1.54, 1.807) is 21.0 Å². The van der Waals surface area contributed by atoms with Crippen molar-refractivity contribution < 1.29 is 49.8 Å². The molecule has 11 N–H and O–H groups in total. The minimum absolute atomic E-state index is 0.00455. The van der Waals surface area contributed by atoms with Crippen molar-refractivity contribution >= 4 is 75.7 Å². The smallest absolute Gasteiger partial charge is 0.327 e. The fourth-order valence-electron chi connectivity index (χ4n) is 13.2. The number of carbonyl (C=O) groups is 4. The minimum Gasteiger partial charge on any atom is -0.394 e. The summed E-state index contributed by atoms with van der Waals surface area (Å²) in [5, 5.41) is 89.0. The quantitative estimate of drug-likeness (QED) is 0.0434. The standard InChI is InChI=1S/C57H73N19O10/c1-3-69-25-41(79)75(53(69)58)39-21-37(45(81)47(39)83)73-29-59-43-49(61-35(27-77)19-31-11-7-5-8-12-31)65-54(67-51(43)73)71-17-15-33(23-71)63-56(85)64-34-16-18-72(24-34)55-66-50(62-36(28-78)20-32-13-9-6-10-14-32)44-52(68-55)74(30-60-44)38-22-40(48(84)46(38)82)76-42(80)26-70(4-2)57(76)86/h5-14,29-30,33-40,45-48,58,77-78,81-84H,3-4,15-28H2,1-2H3,(H,61,65,67)(H,62,66,68)(H2,63,64,85)/t33-,34-,35+,36+,37-,38-,39+,40+,45+,46+,47-,48-/m1/s1. The van der Waals surface area contributed by atoms with Crippen molar-refractivity contribution in [3.05, 3.63) is 84.4 Å². The van der Waals surface area contributed by atoms with Gasteiger partial charge < -0.3 is 80.6 Å². The van der Waals surface area contributed by atoms with Crippen molar-refractivity contribution in [2.45, 2.75) is 125 Å². The van der Waals surface area contributed by atoms with E-state index >= 15 is 0 Å². The number of fused-ring (bicyclic) bond motifs is 2. The van der Waals surface area contributed by atoms with Crippen LogP contribution >= 0.6 is 0 Å². The molecule has 6 fully saturated rings. The van der Waals surface area contributed by atoms with Crippen LogP contribution in [0.3, 0.4) is 0 Å². The highest BCUT2D eigenvalue weighted by Gasteiger charge is 2.53. The molecule has 0 bridgehead atoms.